The molecule has 0 aliphatic carbocycles. The van der Waals surface area contributed by atoms with Gasteiger partial charge in [-0.2, -0.15) is 0 Å². The number of carbonyl (C=O) groups excluding carboxylic acids is 2. The number of hydrogen-bond donors (Lipinski definition) is 0. The Morgan fingerprint density at radius 1 is 0.368 bits per heavy atom. The van der Waals surface area contributed by atoms with E-state index in [9.17, 15) is 9.59 Å². The number of ketones is 2. The van der Waals surface area contributed by atoms with Gasteiger partial charge in [0.1, 0.15) is 0 Å². The molecule has 0 aliphatic heterocycles. The second-order valence-electron chi connectivity index (χ2n) is 9.93. The minimum atomic E-state index is 0.0384. The Morgan fingerprint density at radius 3 is 1.16 bits per heavy atom. The summed E-state index contributed by atoms with van der Waals surface area (Å²) in [6.07, 6.45) is 0. The van der Waals surface area contributed by atoms with Crippen molar-refractivity contribution in [3.8, 4) is 22.3 Å². The van der Waals surface area contributed by atoms with Crippen LogP contribution in [0.3, 0.4) is 0 Å². The van der Waals surface area contributed by atoms with Crippen molar-refractivity contribution in [3.63, 3.8) is 0 Å². The van der Waals surface area contributed by atoms with E-state index in [1.165, 1.54) is 0 Å². The van der Waals surface area contributed by atoms with Crippen LogP contribution in [-0.4, -0.2) is 11.6 Å². The first-order valence-corrected chi connectivity index (χ1v) is 12.9. The number of carbonyl (C=O) groups is 2. The van der Waals surface area contributed by atoms with E-state index in [4.69, 9.17) is 0 Å². The molecule has 0 aromatic heterocycles. The lowest BCUT2D eigenvalue weighted by Gasteiger charge is -2.13. The minimum Gasteiger partial charge on any atom is -0.289 e. The summed E-state index contributed by atoms with van der Waals surface area (Å²) in [4.78, 5) is 26.8. The SMILES string of the molecule is Cc1ccccc1C(=O)c1cc(-c2cccc(-c3ccc(C)c(C(=O)c4ccccc4C)c3)c2)ccc1C. The van der Waals surface area contributed by atoms with Crippen LogP contribution < -0.4 is 0 Å². The van der Waals surface area contributed by atoms with Crippen molar-refractivity contribution in [2.24, 2.45) is 0 Å². The Hall–Kier alpha value is -4.56. The largest absolute Gasteiger partial charge is 0.289 e. The predicted octanol–water partition coefficient (Wildman–Crippen LogP) is 8.72. The van der Waals surface area contributed by atoms with Crippen LogP contribution in [0.15, 0.2) is 109 Å². The fourth-order valence-electron chi connectivity index (χ4n) is 4.92. The van der Waals surface area contributed by atoms with Gasteiger partial charge in [-0.05, 0) is 90.4 Å². The van der Waals surface area contributed by atoms with Crippen LogP contribution in [-0.2, 0) is 0 Å². The molecule has 38 heavy (non-hydrogen) atoms. The fourth-order valence-corrected chi connectivity index (χ4v) is 4.92. The zero-order valence-corrected chi connectivity index (χ0v) is 22.2. The Labute approximate surface area is 224 Å². The van der Waals surface area contributed by atoms with E-state index >= 15 is 0 Å². The summed E-state index contributed by atoms with van der Waals surface area (Å²) in [5.41, 5.74) is 10.7. The van der Waals surface area contributed by atoms with Crippen LogP contribution in [0.25, 0.3) is 22.3 Å². The summed E-state index contributed by atoms with van der Waals surface area (Å²) in [5.74, 6) is 0.0768. The molecule has 5 aromatic rings. The van der Waals surface area contributed by atoms with Crippen molar-refractivity contribution in [2.45, 2.75) is 27.7 Å². The van der Waals surface area contributed by atoms with Crippen molar-refractivity contribution in [1.29, 1.82) is 0 Å². The van der Waals surface area contributed by atoms with Crippen LogP contribution in [0.1, 0.15) is 54.1 Å². The highest BCUT2D eigenvalue weighted by molar-refractivity contribution is 6.12. The first-order valence-electron chi connectivity index (χ1n) is 12.9. The smallest absolute Gasteiger partial charge is 0.193 e. The molecular formula is C36H30O2. The van der Waals surface area contributed by atoms with Crippen LogP contribution in [0.2, 0.25) is 0 Å². The van der Waals surface area contributed by atoms with Gasteiger partial charge in [0.15, 0.2) is 11.6 Å². The first kappa shape index (κ1) is 25.1. The van der Waals surface area contributed by atoms with E-state index in [-0.39, 0.29) is 11.6 Å². The molecule has 5 rings (SSSR count). The highest BCUT2D eigenvalue weighted by Crippen LogP contribution is 2.30. The Kier molecular flexibility index (Phi) is 6.89. The average Bonchev–Trinajstić information content (AvgIpc) is 2.93. The lowest BCUT2D eigenvalue weighted by atomic mass is 9.90. The molecule has 186 valence electrons. The number of aryl methyl sites for hydroxylation is 4. The summed E-state index contributed by atoms with van der Waals surface area (Å²) in [7, 11) is 0. The van der Waals surface area contributed by atoms with Crippen LogP contribution in [0, 0.1) is 27.7 Å². The molecular weight excluding hydrogens is 464 g/mol. The molecule has 0 aliphatic rings. The van der Waals surface area contributed by atoms with Crippen LogP contribution in [0.5, 0.6) is 0 Å². The number of rotatable bonds is 6. The summed E-state index contributed by atoms with van der Waals surface area (Å²) < 4.78 is 0. The average molecular weight is 495 g/mol. The molecule has 0 amide bonds. The molecule has 2 nitrogen and oxygen atoms in total. The molecule has 0 atom stereocenters. The van der Waals surface area contributed by atoms with Gasteiger partial charge in [-0.3, -0.25) is 9.59 Å². The first-order chi connectivity index (χ1) is 18.3. The Balaban J connectivity index is 1.52. The lowest BCUT2D eigenvalue weighted by Crippen LogP contribution is -2.06. The highest BCUT2D eigenvalue weighted by atomic mass is 16.1. The van der Waals surface area contributed by atoms with E-state index in [1.54, 1.807) is 0 Å². The summed E-state index contributed by atoms with van der Waals surface area (Å²) in [6, 6.07) is 35.8. The van der Waals surface area contributed by atoms with Crippen molar-refractivity contribution in [1.82, 2.24) is 0 Å². The summed E-state index contributed by atoms with van der Waals surface area (Å²) in [5, 5.41) is 0. The van der Waals surface area contributed by atoms with Crippen LogP contribution >= 0.6 is 0 Å². The molecule has 0 fully saturated rings. The maximum absolute atomic E-state index is 13.4. The van der Waals surface area contributed by atoms with Crippen LogP contribution in [0.4, 0.5) is 0 Å². The van der Waals surface area contributed by atoms with E-state index in [2.05, 4.69) is 30.3 Å². The van der Waals surface area contributed by atoms with Gasteiger partial charge in [0.2, 0.25) is 0 Å². The second-order valence-corrected chi connectivity index (χ2v) is 9.93. The van der Waals surface area contributed by atoms with Gasteiger partial charge in [-0.25, -0.2) is 0 Å². The molecule has 0 heterocycles. The van der Waals surface area contributed by atoms with E-state index in [0.29, 0.717) is 11.1 Å². The molecule has 5 aromatic carbocycles. The maximum Gasteiger partial charge on any atom is 0.193 e. The normalized spacial score (nSPS) is 10.8. The molecule has 2 heteroatoms. The quantitative estimate of drug-likeness (QED) is 0.221. The monoisotopic (exact) mass is 494 g/mol. The predicted molar refractivity (Wildman–Crippen MR) is 156 cm³/mol. The van der Waals surface area contributed by atoms with E-state index in [1.807, 2.05) is 107 Å². The Bertz CT molecular complexity index is 1570. The number of benzene rings is 5. The molecule has 0 spiro atoms. The third kappa shape index (κ3) is 4.86. The van der Waals surface area contributed by atoms with Gasteiger partial charge in [-0.15, -0.1) is 0 Å². The second kappa shape index (κ2) is 10.4. The molecule has 0 radical (unpaired) electrons. The molecule has 0 N–H and O–H groups in total. The highest BCUT2D eigenvalue weighted by Gasteiger charge is 2.17. The van der Waals surface area contributed by atoms with Gasteiger partial charge >= 0.3 is 0 Å². The maximum atomic E-state index is 13.4. The standard InChI is InChI=1S/C36H30O2/c1-23-10-5-7-14-31(23)35(37)33-21-29(18-16-25(33)3)27-12-9-13-28(20-27)30-19-17-26(4)34(22-30)36(38)32-15-8-6-11-24(32)2/h5-22H,1-4H3. The van der Waals surface area contributed by atoms with Crippen molar-refractivity contribution < 1.29 is 9.59 Å². The van der Waals surface area contributed by atoms with E-state index in [0.717, 1.165) is 55.6 Å². The van der Waals surface area contributed by atoms with Gasteiger partial charge in [0.25, 0.3) is 0 Å². The minimum absolute atomic E-state index is 0.0384. The Morgan fingerprint density at radius 2 is 0.737 bits per heavy atom. The van der Waals surface area contributed by atoms with Gasteiger partial charge < -0.3 is 0 Å². The number of hydrogen-bond acceptors (Lipinski definition) is 2. The third-order valence-electron chi connectivity index (χ3n) is 7.27. The zero-order valence-electron chi connectivity index (χ0n) is 22.2. The van der Waals surface area contributed by atoms with Gasteiger partial charge in [0, 0.05) is 22.3 Å². The van der Waals surface area contributed by atoms with E-state index < -0.39 is 0 Å². The topological polar surface area (TPSA) is 34.1 Å². The third-order valence-corrected chi connectivity index (χ3v) is 7.27. The molecule has 0 unspecified atom stereocenters. The molecule has 0 bridgehead atoms. The molecule has 0 saturated heterocycles. The van der Waals surface area contributed by atoms with Gasteiger partial charge in [-0.1, -0.05) is 91.0 Å². The molecule has 0 saturated carbocycles. The van der Waals surface area contributed by atoms with Gasteiger partial charge in [0.05, 0.1) is 0 Å². The summed E-state index contributed by atoms with van der Waals surface area (Å²) in [6.45, 7) is 7.89. The van der Waals surface area contributed by atoms with Crippen molar-refractivity contribution in [3.05, 3.63) is 154 Å². The zero-order chi connectivity index (χ0) is 26.8. The lowest BCUT2D eigenvalue weighted by molar-refractivity contribution is 0.103. The summed E-state index contributed by atoms with van der Waals surface area (Å²) >= 11 is 0. The van der Waals surface area contributed by atoms with Crippen molar-refractivity contribution >= 4 is 11.6 Å². The van der Waals surface area contributed by atoms with Crippen molar-refractivity contribution in [2.75, 3.05) is 0 Å². The fraction of sp³-hybridized carbons (Fsp3) is 0.111.